The molecule has 4 nitrogen and oxygen atoms in total. The number of rotatable bonds is 2. The van der Waals surface area contributed by atoms with Crippen molar-refractivity contribution in [1.29, 1.82) is 5.26 Å². The summed E-state index contributed by atoms with van der Waals surface area (Å²) in [6.07, 6.45) is 6.34. The van der Waals surface area contributed by atoms with Crippen LogP contribution in [0.1, 0.15) is 42.0 Å². The number of aromatic nitrogens is 3. The molecule has 0 radical (unpaired) electrons. The highest BCUT2D eigenvalue weighted by Crippen LogP contribution is 2.21. The molecule has 1 aliphatic heterocycles. The maximum absolute atomic E-state index is 9.49. The summed E-state index contributed by atoms with van der Waals surface area (Å²) in [7, 11) is 0. The number of nitriles is 1. The van der Waals surface area contributed by atoms with E-state index in [4.69, 9.17) is 0 Å². The molecule has 22 heavy (non-hydrogen) atoms. The molecule has 1 aromatic carbocycles. The van der Waals surface area contributed by atoms with Gasteiger partial charge in [-0.25, -0.2) is 0 Å². The lowest BCUT2D eigenvalue weighted by molar-refractivity contribution is -0.00000467. The van der Waals surface area contributed by atoms with Crippen LogP contribution in [-0.2, 0) is 13.0 Å². The van der Waals surface area contributed by atoms with E-state index in [0.29, 0.717) is 11.4 Å². The van der Waals surface area contributed by atoms with Gasteiger partial charge in [0.05, 0.1) is 5.57 Å². The molecule has 0 saturated heterocycles. The van der Waals surface area contributed by atoms with E-state index in [2.05, 4.69) is 27.8 Å². The molecule has 0 fully saturated rings. The molecule has 0 spiro atoms. The molecule has 0 aliphatic carbocycles. The Bertz CT molecular complexity index is 707. The molecule has 0 amide bonds. The van der Waals surface area contributed by atoms with Gasteiger partial charge in [-0.3, -0.25) is 0 Å². The van der Waals surface area contributed by atoms with Crippen molar-refractivity contribution in [2.75, 3.05) is 0 Å². The second-order valence-corrected chi connectivity index (χ2v) is 5.48. The first-order valence-corrected chi connectivity index (χ1v) is 7.39. The number of aryl methyl sites for hydroxylation is 2. The van der Waals surface area contributed by atoms with Crippen molar-refractivity contribution in [2.45, 2.75) is 39.2 Å². The van der Waals surface area contributed by atoms with Crippen LogP contribution in [0.25, 0.3) is 11.6 Å². The van der Waals surface area contributed by atoms with Crippen molar-refractivity contribution in [3.63, 3.8) is 0 Å². The van der Waals surface area contributed by atoms with Gasteiger partial charge in [-0.05, 0) is 31.4 Å². The molecule has 0 atom stereocenters. The maximum Gasteiger partial charge on any atom is 0.174 e. The van der Waals surface area contributed by atoms with Gasteiger partial charge in [0, 0.05) is 13.0 Å². The van der Waals surface area contributed by atoms with E-state index >= 15 is 0 Å². The van der Waals surface area contributed by atoms with E-state index in [-0.39, 0.29) is 17.0 Å². The molecule has 0 bridgehead atoms. The SMILES string of the molecule is Cc1ccc(/C=C(/C#N)c2nnc3n2CCCCC3)cc1.[Br-]. The summed E-state index contributed by atoms with van der Waals surface area (Å²) in [6, 6.07) is 10.4. The zero-order valence-corrected chi connectivity index (χ0v) is 14.2. The van der Waals surface area contributed by atoms with Crippen LogP contribution in [0, 0.1) is 18.3 Å². The molecular weight excluding hydrogens is 340 g/mol. The smallest absolute Gasteiger partial charge is 0.174 e. The molecule has 0 saturated carbocycles. The number of allylic oxidation sites excluding steroid dienone is 1. The molecule has 0 N–H and O–H groups in total. The molecular formula is C17H18BrN4-. The summed E-state index contributed by atoms with van der Waals surface area (Å²) in [5, 5.41) is 18.0. The van der Waals surface area contributed by atoms with Gasteiger partial charge in [0.25, 0.3) is 0 Å². The minimum Gasteiger partial charge on any atom is -1.00 e. The van der Waals surface area contributed by atoms with E-state index in [9.17, 15) is 5.26 Å². The van der Waals surface area contributed by atoms with Gasteiger partial charge >= 0.3 is 0 Å². The number of benzene rings is 1. The Labute approximate surface area is 141 Å². The Hall–Kier alpha value is -1.93. The summed E-state index contributed by atoms with van der Waals surface area (Å²) in [6.45, 7) is 2.96. The summed E-state index contributed by atoms with van der Waals surface area (Å²) in [4.78, 5) is 0. The van der Waals surface area contributed by atoms with E-state index in [1.165, 1.54) is 12.0 Å². The first-order chi connectivity index (χ1) is 10.3. The van der Waals surface area contributed by atoms with Crippen molar-refractivity contribution in [2.24, 2.45) is 0 Å². The van der Waals surface area contributed by atoms with Crippen LogP contribution < -0.4 is 17.0 Å². The van der Waals surface area contributed by atoms with Crippen molar-refractivity contribution >= 4 is 11.6 Å². The number of hydrogen-bond acceptors (Lipinski definition) is 3. The van der Waals surface area contributed by atoms with Crippen molar-refractivity contribution < 1.29 is 17.0 Å². The highest BCUT2D eigenvalue weighted by atomic mass is 79.9. The number of halogens is 1. The topological polar surface area (TPSA) is 54.5 Å². The summed E-state index contributed by atoms with van der Waals surface area (Å²) in [5.41, 5.74) is 2.81. The third-order valence-electron chi connectivity index (χ3n) is 3.86. The van der Waals surface area contributed by atoms with Crippen LogP contribution in [-0.4, -0.2) is 14.8 Å². The zero-order chi connectivity index (χ0) is 14.7. The van der Waals surface area contributed by atoms with Crippen LogP contribution >= 0.6 is 0 Å². The molecule has 3 rings (SSSR count). The number of nitrogens with zero attached hydrogens (tertiary/aromatic N) is 4. The molecule has 2 aromatic rings. The average molecular weight is 358 g/mol. The first kappa shape index (κ1) is 16.4. The average Bonchev–Trinajstić information content (AvgIpc) is 2.75. The molecule has 1 aromatic heterocycles. The lowest BCUT2D eigenvalue weighted by atomic mass is 10.1. The Balaban J connectivity index is 0.00000176. The predicted molar refractivity (Wildman–Crippen MR) is 82.2 cm³/mol. The second-order valence-electron chi connectivity index (χ2n) is 5.48. The van der Waals surface area contributed by atoms with Gasteiger partial charge in [0.2, 0.25) is 0 Å². The number of fused-ring (bicyclic) bond motifs is 1. The monoisotopic (exact) mass is 357 g/mol. The summed E-state index contributed by atoms with van der Waals surface area (Å²) in [5.74, 6) is 1.71. The Kier molecular flexibility index (Phi) is 5.51. The van der Waals surface area contributed by atoms with Gasteiger partial charge in [0.1, 0.15) is 11.9 Å². The van der Waals surface area contributed by atoms with E-state index in [0.717, 1.165) is 37.2 Å². The third-order valence-corrected chi connectivity index (χ3v) is 3.86. The molecule has 0 unspecified atom stereocenters. The van der Waals surface area contributed by atoms with Gasteiger partial charge in [-0.2, -0.15) is 5.26 Å². The van der Waals surface area contributed by atoms with Crippen LogP contribution in [0.15, 0.2) is 24.3 Å². The lowest BCUT2D eigenvalue weighted by Crippen LogP contribution is -3.00. The summed E-state index contributed by atoms with van der Waals surface area (Å²) < 4.78 is 2.11. The highest BCUT2D eigenvalue weighted by Gasteiger charge is 2.17. The lowest BCUT2D eigenvalue weighted by Gasteiger charge is -2.05. The first-order valence-electron chi connectivity index (χ1n) is 7.39. The van der Waals surface area contributed by atoms with Crippen LogP contribution in [0.4, 0.5) is 0 Å². The quantitative estimate of drug-likeness (QED) is 0.730. The van der Waals surface area contributed by atoms with E-state index in [1.54, 1.807) is 0 Å². The minimum absolute atomic E-state index is 0. The summed E-state index contributed by atoms with van der Waals surface area (Å²) >= 11 is 0. The van der Waals surface area contributed by atoms with Gasteiger partial charge in [0.15, 0.2) is 5.82 Å². The Morgan fingerprint density at radius 1 is 1.18 bits per heavy atom. The fraction of sp³-hybridized carbons (Fsp3) is 0.353. The Morgan fingerprint density at radius 2 is 1.95 bits per heavy atom. The van der Waals surface area contributed by atoms with Gasteiger partial charge in [-0.1, -0.05) is 36.2 Å². The number of hydrogen-bond donors (Lipinski definition) is 0. The predicted octanol–water partition coefficient (Wildman–Crippen LogP) is 0.381. The van der Waals surface area contributed by atoms with Crippen LogP contribution in [0.3, 0.4) is 0 Å². The molecule has 2 heterocycles. The van der Waals surface area contributed by atoms with Gasteiger partial charge in [-0.15, -0.1) is 10.2 Å². The normalized spacial score (nSPS) is 14.5. The largest absolute Gasteiger partial charge is 1.00 e. The molecule has 5 heteroatoms. The zero-order valence-electron chi connectivity index (χ0n) is 12.6. The fourth-order valence-electron chi connectivity index (χ4n) is 2.66. The highest BCUT2D eigenvalue weighted by molar-refractivity contribution is 5.87. The van der Waals surface area contributed by atoms with Crippen molar-refractivity contribution in [3.8, 4) is 6.07 Å². The van der Waals surface area contributed by atoms with Crippen LogP contribution in [0.2, 0.25) is 0 Å². The van der Waals surface area contributed by atoms with E-state index in [1.807, 2.05) is 30.3 Å². The fourth-order valence-corrected chi connectivity index (χ4v) is 2.66. The van der Waals surface area contributed by atoms with E-state index < -0.39 is 0 Å². The van der Waals surface area contributed by atoms with Crippen molar-refractivity contribution in [3.05, 3.63) is 47.0 Å². The molecule has 1 aliphatic rings. The second kappa shape index (κ2) is 7.37. The standard InChI is InChI=1S/C17H18N4.BrH/c1-13-6-8-14(9-7-13)11-15(12-18)17-20-19-16-5-3-2-4-10-21(16)17;/h6-9,11H,2-5,10H2,1H3;1H/p-1/b15-11-;. The third kappa shape index (κ3) is 3.45. The van der Waals surface area contributed by atoms with Gasteiger partial charge < -0.3 is 21.5 Å². The van der Waals surface area contributed by atoms with Crippen LogP contribution in [0.5, 0.6) is 0 Å². The molecule has 114 valence electrons. The van der Waals surface area contributed by atoms with Crippen molar-refractivity contribution in [1.82, 2.24) is 14.8 Å². The maximum atomic E-state index is 9.49. The minimum atomic E-state index is 0. The Morgan fingerprint density at radius 3 is 2.68 bits per heavy atom.